The number of fused-ring (bicyclic) bond motifs is 1. The summed E-state index contributed by atoms with van der Waals surface area (Å²) in [6.45, 7) is 0. The number of ether oxygens (including phenoxy) is 2. The average molecular weight is 378 g/mol. The van der Waals surface area contributed by atoms with E-state index in [0.717, 1.165) is 25.7 Å². The molecule has 4 rings (SSSR count). The molecule has 2 aromatic carbocycles. The Morgan fingerprint density at radius 3 is 2.75 bits per heavy atom. The molecule has 0 aliphatic heterocycles. The minimum atomic E-state index is -0.269. The molecule has 0 atom stereocenters. The van der Waals surface area contributed by atoms with Gasteiger partial charge in [0.1, 0.15) is 11.3 Å². The molecule has 0 spiro atoms. The molecule has 1 aromatic heterocycles. The Balaban J connectivity index is 1.61. The molecule has 1 aliphatic carbocycles. The third-order valence-corrected chi connectivity index (χ3v) is 5.02. The number of rotatable bonds is 5. The van der Waals surface area contributed by atoms with Gasteiger partial charge in [0.2, 0.25) is 0 Å². The third-order valence-electron chi connectivity index (χ3n) is 5.02. The van der Waals surface area contributed by atoms with E-state index in [-0.39, 0.29) is 17.8 Å². The molecule has 6 nitrogen and oxygen atoms in total. The molecule has 6 heteroatoms. The van der Waals surface area contributed by atoms with Crippen LogP contribution >= 0.6 is 0 Å². The summed E-state index contributed by atoms with van der Waals surface area (Å²) in [5.41, 5.74) is 1.50. The number of anilines is 1. The van der Waals surface area contributed by atoms with E-state index in [1.54, 1.807) is 49.7 Å². The molecule has 144 valence electrons. The first kappa shape index (κ1) is 18.1. The second-order valence-corrected chi connectivity index (χ2v) is 6.88. The van der Waals surface area contributed by atoms with Crippen molar-refractivity contribution in [2.24, 2.45) is 0 Å². The highest BCUT2D eigenvalue weighted by Gasteiger charge is 2.20. The highest BCUT2D eigenvalue weighted by atomic mass is 16.5. The van der Waals surface area contributed by atoms with E-state index in [4.69, 9.17) is 9.47 Å². The van der Waals surface area contributed by atoms with Gasteiger partial charge in [-0.15, -0.1) is 0 Å². The number of nitrogens with zero attached hydrogens (tertiary/aromatic N) is 1. The van der Waals surface area contributed by atoms with Crippen LogP contribution in [0, 0.1) is 0 Å². The van der Waals surface area contributed by atoms with Gasteiger partial charge >= 0.3 is 0 Å². The number of amides is 1. The molecule has 0 saturated heterocycles. The Morgan fingerprint density at radius 1 is 1.14 bits per heavy atom. The lowest BCUT2D eigenvalue weighted by atomic mass is 10.1. The van der Waals surface area contributed by atoms with Crippen molar-refractivity contribution in [3.05, 3.63) is 54.2 Å². The second kappa shape index (κ2) is 7.76. The predicted octanol–water partition coefficient (Wildman–Crippen LogP) is 4.52. The van der Waals surface area contributed by atoms with Crippen LogP contribution in [0.15, 0.2) is 48.7 Å². The molecular formula is C22H22N2O4. The van der Waals surface area contributed by atoms with E-state index < -0.39 is 0 Å². The summed E-state index contributed by atoms with van der Waals surface area (Å²) in [7, 11) is 1.59. The van der Waals surface area contributed by atoms with Crippen molar-refractivity contribution >= 4 is 22.5 Å². The molecular weight excluding hydrogens is 356 g/mol. The molecule has 3 aromatic rings. The largest absolute Gasteiger partial charge is 0.506 e. The maximum absolute atomic E-state index is 12.8. The van der Waals surface area contributed by atoms with Crippen molar-refractivity contribution in [1.82, 2.24) is 4.98 Å². The van der Waals surface area contributed by atoms with E-state index in [9.17, 15) is 9.90 Å². The highest BCUT2D eigenvalue weighted by Crippen LogP contribution is 2.33. The minimum absolute atomic E-state index is 0.0743. The number of aromatic nitrogens is 1. The van der Waals surface area contributed by atoms with Gasteiger partial charge in [0.25, 0.3) is 5.91 Å². The van der Waals surface area contributed by atoms with Gasteiger partial charge in [0.05, 0.1) is 18.9 Å². The molecule has 1 amide bonds. The van der Waals surface area contributed by atoms with Gasteiger partial charge in [0, 0.05) is 17.1 Å². The fourth-order valence-corrected chi connectivity index (χ4v) is 3.56. The SMILES string of the molecule is COc1ccc(C(=O)Nc2ccc(O)c3ncccc23)cc1OC1CCCC1. The molecule has 0 radical (unpaired) electrons. The lowest BCUT2D eigenvalue weighted by Crippen LogP contribution is -2.15. The van der Waals surface area contributed by atoms with E-state index in [1.165, 1.54) is 6.07 Å². The molecule has 0 bridgehead atoms. The van der Waals surface area contributed by atoms with Gasteiger partial charge in [-0.25, -0.2) is 0 Å². The Hall–Kier alpha value is -3.28. The number of hydrogen-bond donors (Lipinski definition) is 2. The van der Waals surface area contributed by atoms with Crippen LogP contribution in [-0.2, 0) is 0 Å². The van der Waals surface area contributed by atoms with Gasteiger partial charge in [-0.05, 0) is 68.1 Å². The summed E-state index contributed by atoms with van der Waals surface area (Å²) in [4.78, 5) is 17.0. The van der Waals surface area contributed by atoms with Gasteiger partial charge < -0.3 is 19.9 Å². The number of phenols is 1. The van der Waals surface area contributed by atoms with Crippen molar-refractivity contribution < 1.29 is 19.4 Å². The maximum Gasteiger partial charge on any atom is 0.255 e. The monoisotopic (exact) mass is 378 g/mol. The second-order valence-electron chi connectivity index (χ2n) is 6.88. The Bertz CT molecular complexity index is 1010. The van der Waals surface area contributed by atoms with E-state index in [1.807, 2.05) is 0 Å². The Labute approximate surface area is 163 Å². The molecule has 2 N–H and O–H groups in total. The maximum atomic E-state index is 12.8. The molecule has 1 fully saturated rings. The van der Waals surface area contributed by atoms with Gasteiger partial charge in [-0.2, -0.15) is 0 Å². The van der Waals surface area contributed by atoms with Gasteiger partial charge in [0.15, 0.2) is 11.5 Å². The summed E-state index contributed by atoms with van der Waals surface area (Å²) >= 11 is 0. The molecule has 1 aliphatic rings. The summed E-state index contributed by atoms with van der Waals surface area (Å²) in [5.74, 6) is 1.00. The zero-order chi connectivity index (χ0) is 19.5. The molecule has 1 heterocycles. The summed E-state index contributed by atoms with van der Waals surface area (Å²) < 4.78 is 11.5. The molecule has 0 unspecified atom stereocenters. The first-order valence-corrected chi connectivity index (χ1v) is 9.38. The first-order valence-electron chi connectivity index (χ1n) is 9.38. The first-order chi connectivity index (χ1) is 13.7. The number of methoxy groups -OCH3 is 1. The van der Waals surface area contributed by atoms with Gasteiger partial charge in [-0.3, -0.25) is 9.78 Å². The number of hydrogen-bond acceptors (Lipinski definition) is 5. The predicted molar refractivity (Wildman–Crippen MR) is 107 cm³/mol. The average Bonchev–Trinajstić information content (AvgIpc) is 3.23. The lowest BCUT2D eigenvalue weighted by molar-refractivity contribution is 0.102. The van der Waals surface area contributed by atoms with E-state index >= 15 is 0 Å². The van der Waals surface area contributed by atoms with Crippen LogP contribution < -0.4 is 14.8 Å². The van der Waals surface area contributed by atoms with E-state index in [0.29, 0.717) is 33.7 Å². The smallest absolute Gasteiger partial charge is 0.255 e. The number of pyridine rings is 1. The van der Waals surface area contributed by atoms with Crippen LogP contribution in [0.4, 0.5) is 5.69 Å². The standard InChI is InChI=1S/C22H22N2O4/c1-27-19-11-8-14(13-20(19)28-15-5-2-3-6-15)22(26)24-17-9-10-18(25)21-16(17)7-4-12-23-21/h4,7-13,15,25H,2-3,5-6H2,1H3,(H,24,26). The number of aromatic hydroxyl groups is 1. The summed E-state index contributed by atoms with van der Waals surface area (Å²) in [5, 5.41) is 13.5. The van der Waals surface area contributed by atoms with Crippen molar-refractivity contribution in [2.75, 3.05) is 12.4 Å². The Morgan fingerprint density at radius 2 is 1.96 bits per heavy atom. The van der Waals surface area contributed by atoms with Crippen molar-refractivity contribution in [2.45, 2.75) is 31.8 Å². The lowest BCUT2D eigenvalue weighted by Gasteiger charge is -2.17. The van der Waals surface area contributed by atoms with Crippen LogP contribution in [0.2, 0.25) is 0 Å². The summed E-state index contributed by atoms with van der Waals surface area (Å²) in [6.07, 6.45) is 6.13. The number of carbonyl (C=O) groups is 1. The van der Waals surface area contributed by atoms with Crippen LogP contribution in [0.3, 0.4) is 0 Å². The minimum Gasteiger partial charge on any atom is -0.506 e. The third kappa shape index (κ3) is 3.58. The number of phenolic OH excluding ortho intramolecular Hbond substituents is 1. The topological polar surface area (TPSA) is 80.7 Å². The van der Waals surface area contributed by atoms with Gasteiger partial charge in [-0.1, -0.05) is 0 Å². The van der Waals surface area contributed by atoms with Crippen LogP contribution in [0.5, 0.6) is 17.2 Å². The van der Waals surface area contributed by atoms with Crippen LogP contribution in [0.1, 0.15) is 36.0 Å². The highest BCUT2D eigenvalue weighted by molar-refractivity contribution is 6.09. The summed E-state index contributed by atoms with van der Waals surface area (Å²) in [6, 6.07) is 11.9. The number of carbonyl (C=O) groups excluding carboxylic acids is 1. The Kier molecular flexibility index (Phi) is 5.02. The fraction of sp³-hybridized carbons (Fsp3) is 0.273. The quantitative estimate of drug-likeness (QED) is 0.638. The number of nitrogens with one attached hydrogen (secondary N) is 1. The van der Waals surface area contributed by atoms with E-state index in [2.05, 4.69) is 10.3 Å². The normalized spacial score (nSPS) is 14.2. The van der Waals surface area contributed by atoms with Crippen molar-refractivity contribution in [3.8, 4) is 17.2 Å². The fourth-order valence-electron chi connectivity index (χ4n) is 3.56. The zero-order valence-corrected chi connectivity index (χ0v) is 15.6. The van der Waals surface area contributed by atoms with Crippen LogP contribution in [0.25, 0.3) is 10.9 Å². The van der Waals surface area contributed by atoms with Crippen molar-refractivity contribution in [3.63, 3.8) is 0 Å². The van der Waals surface area contributed by atoms with Crippen LogP contribution in [-0.4, -0.2) is 29.2 Å². The molecule has 28 heavy (non-hydrogen) atoms. The molecule has 1 saturated carbocycles. The van der Waals surface area contributed by atoms with Crippen molar-refractivity contribution in [1.29, 1.82) is 0 Å². The zero-order valence-electron chi connectivity index (χ0n) is 15.6. The number of benzene rings is 2.